The van der Waals surface area contributed by atoms with Crippen LogP contribution in [-0.2, 0) is 0 Å². The zero-order valence-electron chi connectivity index (χ0n) is 18.0. The number of rotatable bonds is 9. The summed E-state index contributed by atoms with van der Waals surface area (Å²) >= 11 is 0. The van der Waals surface area contributed by atoms with Crippen LogP contribution in [0.1, 0.15) is 55.5 Å². The van der Waals surface area contributed by atoms with Gasteiger partial charge < -0.3 is 9.47 Å². The molecule has 1 unspecified atom stereocenters. The first-order valence-corrected chi connectivity index (χ1v) is 10.7. The van der Waals surface area contributed by atoms with Crippen molar-refractivity contribution < 1.29 is 14.3 Å². The molecule has 158 valence electrons. The van der Waals surface area contributed by atoms with Gasteiger partial charge in [0.25, 0.3) is 0 Å². The van der Waals surface area contributed by atoms with Gasteiger partial charge in [-0.2, -0.15) is 5.26 Å². The predicted molar refractivity (Wildman–Crippen MR) is 122 cm³/mol. The summed E-state index contributed by atoms with van der Waals surface area (Å²) in [5, 5.41) is 8.90. The highest BCUT2D eigenvalue weighted by atomic mass is 16.5. The van der Waals surface area contributed by atoms with Crippen LogP contribution in [0, 0.1) is 11.3 Å². The average Bonchev–Trinajstić information content (AvgIpc) is 2.80. The van der Waals surface area contributed by atoms with E-state index in [0.717, 1.165) is 29.7 Å². The summed E-state index contributed by atoms with van der Waals surface area (Å²) in [4.78, 5) is 12.5. The van der Waals surface area contributed by atoms with Gasteiger partial charge in [-0.1, -0.05) is 44.0 Å². The van der Waals surface area contributed by atoms with Crippen molar-refractivity contribution in [3.05, 3.63) is 83.9 Å². The molecule has 0 heterocycles. The van der Waals surface area contributed by atoms with Gasteiger partial charge in [0.15, 0.2) is 0 Å². The predicted octanol–water partition coefficient (Wildman–Crippen LogP) is 6.79. The van der Waals surface area contributed by atoms with Gasteiger partial charge in [-0.05, 0) is 79.4 Å². The summed E-state index contributed by atoms with van der Waals surface area (Å²) < 4.78 is 11.4. The summed E-state index contributed by atoms with van der Waals surface area (Å²) in [6, 6.07) is 23.8. The summed E-state index contributed by atoms with van der Waals surface area (Å²) in [6.07, 6.45) is 4.75. The number of ether oxygens (including phenoxy) is 2. The third kappa shape index (κ3) is 6.45. The number of esters is 1. The van der Waals surface area contributed by atoms with Crippen molar-refractivity contribution in [3.8, 4) is 28.7 Å². The van der Waals surface area contributed by atoms with Gasteiger partial charge in [-0.15, -0.1) is 0 Å². The molecule has 0 N–H and O–H groups in total. The topological polar surface area (TPSA) is 59.3 Å². The molecule has 3 rings (SSSR count). The fourth-order valence-corrected chi connectivity index (χ4v) is 3.26. The third-order valence-corrected chi connectivity index (χ3v) is 5.05. The highest BCUT2D eigenvalue weighted by molar-refractivity contribution is 5.91. The molecule has 0 aliphatic heterocycles. The summed E-state index contributed by atoms with van der Waals surface area (Å²) in [7, 11) is 0. The molecule has 0 aromatic heterocycles. The van der Waals surface area contributed by atoms with E-state index in [4.69, 9.17) is 14.7 Å². The van der Waals surface area contributed by atoms with E-state index in [0.29, 0.717) is 16.9 Å². The minimum absolute atomic E-state index is 0.152. The van der Waals surface area contributed by atoms with E-state index in [9.17, 15) is 4.79 Å². The van der Waals surface area contributed by atoms with Gasteiger partial charge in [-0.25, -0.2) is 4.79 Å². The van der Waals surface area contributed by atoms with E-state index in [1.54, 1.807) is 48.5 Å². The zero-order chi connectivity index (χ0) is 22.1. The summed E-state index contributed by atoms with van der Waals surface area (Å²) in [5.74, 6) is 0.827. The molecule has 4 nitrogen and oxygen atoms in total. The molecule has 31 heavy (non-hydrogen) atoms. The number of hydrogen-bond acceptors (Lipinski definition) is 4. The van der Waals surface area contributed by atoms with Crippen LogP contribution in [-0.4, -0.2) is 12.1 Å². The van der Waals surface area contributed by atoms with Gasteiger partial charge >= 0.3 is 5.97 Å². The lowest BCUT2D eigenvalue weighted by atomic mass is 10.0. The second kappa shape index (κ2) is 11.0. The van der Waals surface area contributed by atoms with Crippen molar-refractivity contribution in [2.75, 3.05) is 0 Å². The molecule has 3 aromatic carbocycles. The lowest BCUT2D eigenvalue weighted by molar-refractivity contribution is 0.0734. The first-order chi connectivity index (χ1) is 15.1. The van der Waals surface area contributed by atoms with Crippen LogP contribution in [0.2, 0.25) is 0 Å². The fraction of sp³-hybridized carbons (Fsp3) is 0.259. The molecule has 1 atom stereocenters. The molecule has 3 aromatic rings. The number of carbonyl (C=O) groups is 1. The zero-order valence-corrected chi connectivity index (χ0v) is 18.0. The van der Waals surface area contributed by atoms with Gasteiger partial charge in [0.2, 0.25) is 0 Å². The Morgan fingerprint density at radius 3 is 2.03 bits per heavy atom. The minimum atomic E-state index is -0.409. The first-order valence-electron chi connectivity index (χ1n) is 10.7. The highest BCUT2D eigenvalue weighted by Crippen LogP contribution is 2.24. The third-order valence-electron chi connectivity index (χ3n) is 5.05. The average molecular weight is 414 g/mol. The van der Waals surface area contributed by atoms with E-state index in [2.05, 4.69) is 19.9 Å². The van der Waals surface area contributed by atoms with Gasteiger partial charge in [0.1, 0.15) is 11.5 Å². The molecule has 0 aliphatic carbocycles. The fourth-order valence-electron chi connectivity index (χ4n) is 3.26. The Bertz CT molecular complexity index is 1020. The van der Waals surface area contributed by atoms with E-state index < -0.39 is 5.97 Å². The lowest BCUT2D eigenvalue weighted by Crippen LogP contribution is -2.12. The molecule has 0 spiro atoms. The Morgan fingerprint density at radius 2 is 1.45 bits per heavy atom. The molecule has 4 heteroatoms. The largest absolute Gasteiger partial charge is 0.491 e. The normalized spacial score (nSPS) is 11.4. The van der Waals surface area contributed by atoms with Crippen molar-refractivity contribution >= 4 is 5.97 Å². The Labute approximate surface area is 184 Å². The number of unbranched alkanes of at least 4 members (excludes halogenated alkanes) is 2. The second-order valence-corrected chi connectivity index (χ2v) is 7.55. The van der Waals surface area contributed by atoms with Crippen LogP contribution in [0.4, 0.5) is 0 Å². The molecule has 0 aliphatic rings. The van der Waals surface area contributed by atoms with Crippen molar-refractivity contribution in [1.82, 2.24) is 0 Å². The molecule has 0 saturated heterocycles. The van der Waals surface area contributed by atoms with E-state index in [-0.39, 0.29) is 6.10 Å². The van der Waals surface area contributed by atoms with Crippen LogP contribution < -0.4 is 9.47 Å². The monoisotopic (exact) mass is 413 g/mol. The molecule has 0 bridgehead atoms. The molecule has 0 radical (unpaired) electrons. The summed E-state index contributed by atoms with van der Waals surface area (Å²) in [6.45, 7) is 4.26. The van der Waals surface area contributed by atoms with Crippen LogP contribution in [0.25, 0.3) is 11.1 Å². The Balaban J connectivity index is 1.56. The molecular weight excluding hydrogens is 386 g/mol. The Kier molecular flexibility index (Phi) is 7.84. The number of nitrogens with zero attached hydrogens (tertiary/aromatic N) is 1. The van der Waals surface area contributed by atoms with Crippen molar-refractivity contribution in [1.29, 1.82) is 5.26 Å². The Morgan fingerprint density at radius 1 is 0.871 bits per heavy atom. The maximum Gasteiger partial charge on any atom is 0.343 e. The van der Waals surface area contributed by atoms with Crippen molar-refractivity contribution in [2.24, 2.45) is 0 Å². The van der Waals surface area contributed by atoms with Gasteiger partial charge in [0.05, 0.1) is 23.3 Å². The molecule has 0 saturated carbocycles. The van der Waals surface area contributed by atoms with E-state index >= 15 is 0 Å². The van der Waals surface area contributed by atoms with Crippen LogP contribution in [0.3, 0.4) is 0 Å². The second-order valence-electron chi connectivity index (χ2n) is 7.55. The molecule has 0 amide bonds. The number of benzene rings is 3. The quantitative estimate of drug-likeness (QED) is 0.220. The maximum absolute atomic E-state index is 12.5. The smallest absolute Gasteiger partial charge is 0.343 e. The highest BCUT2D eigenvalue weighted by Gasteiger charge is 2.10. The van der Waals surface area contributed by atoms with Crippen LogP contribution >= 0.6 is 0 Å². The Hall–Kier alpha value is -3.58. The van der Waals surface area contributed by atoms with Crippen LogP contribution in [0.5, 0.6) is 11.5 Å². The lowest BCUT2D eigenvalue weighted by Gasteiger charge is -2.14. The minimum Gasteiger partial charge on any atom is -0.491 e. The SMILES string of the molecule is CCCCCC(C)Oc1ccc(C(=O)Oc2ccc(-c3ccc(C#N)cc3)cc2)cc1. The van der Waals surface area contributed by atoms with E-state index in [1.807, 2.05) is 24.3 Å². The van der Waals surface area contributed by atoms with Gasteiger partial charge in [0, 0.05) is 0 Å². The standard InChI is InChI=1S/C27H27NO3/c1-3-4-5-6-20(2)30-25-17-13-24(14-18-25)27(29)31-26-15-11-23(12-16-26)22-9-7-21(19-28)8-10-22/h7-18,20H,3-6H2,1-2H3. The number of nitriles is 1. The molecular formula is C27H27NO3. The summed E-state index contributed by atoms with van der Waals surface area (Å²) in [5.41, 5.74) is 3.08. The maximum atomic E-state index is 12.5. The van der Waals surface area contributed by atoms with Crippen LogP contribution in [0.15, 0.2) is 72.8 Å². The van der Waals surface area contributed by atoms with Gasteiger partial charge in [-0.3, -0.25) is 0 Å². The van der Waals surface area contributed by atoms with E-state index in [1.165, 1.54) is 12.8 Å². The molecule has 0 fully saturated rings. The first kappa shape index (κ1) is 22.1. The van der Waals surface area contributed by atoms with Crippen molar-refractivity contribution in [3.63, 3.8) is 0 Å². The van der Waals surface area contributed by atoms with Crippen molar-refractivity contribution in [2.45, 2.75) is 45.6 Å². The number of hydrogen-bond donors (Lipinski definition) is 0. The number of carbonyl (C=O) groups excluding carboxylic acids is 1.